The molecule has 3 heteroatoms. The summed E-state index contributed by atoms with van der Waals surface area (Å²) in [7, 11) is 0. The maximum atomic E-state index is 3.57. The Morgan fingerprint density at radius 3 is 1.91 bits per heavy atom. The Morgan fingerprint density at radius 1 is 0.636 bits per heavy atom. The van der Waals surface area contributed by atoms with Gasteiger partial charge in [0.25, 0.3) is 0 Å². The van der Waals surface area contributed by atoms with Crippen molar-refractivity contribution in [1.29, 1.82) is 0 Å². The minimum absolute atomic E-state index is 0.819. The van der Waals surface area contributed by atoms with E-state index >= 15 is 0 Å². The Bertz CT molecular complexity index is 801. The average Bonchev–Trinajstić information content (AvgIpc) is 2.95. The zero-order valence-electron chi connectivity index (χ0n) is 12.0. The number of benzene rings is 3. The van der Waals surface area contributed by atoms with Crippen LogP contribution in [-0.4, -0.2) is 6.67 Å². The lowest BCUT2D eigenvalue weighted by atomic mass is 10.2. The number of hydrogen-bond acceptors (Lipinski definition) is 2. The van der Waals surface area contributed by atoms with Crippen LogP contribution in [0.4, 0.5) is 22.7 Å². The topological polar surface area (TPSA) is 6.48 Å². The lowest BCUT2D eigenvalue weighted by molar-refractivity contribution is 0.990. The smallest absolute Gasteiger partial charge is 0.100 e. The van der Waals surface area contributed by atoms with Gasteiger partial charge in [0.1, 0.15) is 6.67 Å². The molecule has 3 aromatic carbocycles. The van der Waals surface area contributed by atoms with Gasteiger partial charge in [0.05, 0.1) is 11.4 Å². The highest BCUT2D eigenvalue weighted by atomic mass is 79.9. The van der Waals surface area contributed by atoms with E-state index in [0.29, 0.717) is 0 Å². The first-order chi connectivity index (χ1) is 10.8. The average molecular weight is 351 g/mol. The number of halogens is 1. The summed E-state index contributed by atoms with van der Waals surface area (Å²) in [5, 5.41) is 0. The Kier molecular flexibility index (Phi) is 3.35. The van der Waals surface area contributed by atoms with Gasteiger partial charge in [0.2, 0.25) is 0 Å². The van der Waals surface area contributed by atoms with Crippen molar-refractivity contribution in [2.45, 2.75) is 0 Å². The summed E-state index contributed by atoms with van der Waals surface area (Å²) < 4.78 is 1.10. The second-order valence-corrected chi connectivity index (χ2v) is 6.22. The standard InChI is InChI=1S/C19H15BrN2/c20-15-7-6-10-17(13-15)22-14-21(16-8-2-1-3-9-16)18-11-4-5-12-19(18)22/h1-13H,14H2. The van der Waals surface area contributed by atoms with Gasteiger partial charge < -0.3 is 9.80 Å². The molecule has 0 aliphatic carbocycles. The molecule has 0 atom stereocenters. The summed E-state index contributed by atoms with van der Waals surface area (Å²) in [5.74, 6) is 0. The SMILES string of the molecule is Brc1cccc(N2CN(c3ccccc3)c3ccccc32)c1. The van der Waals surface area contributed by atoms with Gasteiger partial charge in [-0.05, 0) is 42.5 Å². The number of nitrogens with zero attached hydrogens (tertiary/aromatic N) is 2. The molecule has 3 aromatic rings. The highest BCUT2D eigenvalue weighted by Crippen LogP contribution is 2.44. The molecule has 0 fully saturated rings. The molecular formula is C19H15BrN2. The molecule has 4 rings (SSSR count). The van der Waals surface area contributed by atoms with Crippen LogP contribution in [0.2, 0.25) is 0 Å². The quantitative estimate of drug-likeness (QED) is 0.585. The maximum absolute atomic E-state index is 3.57. The minimum atomic E-state index is 0.819. The van der Waals surface area contributed by atoms with E-state index < -0.39 is 0 Å². The van der Waals surface area contributed by atoms with Crippen LogP contribution >= 0.6 is 15.9 Å². The van der Waals surface area contributed by atoms with Crippen LogP contribution in [0.1, 0.15) is 0 Å². The Morgan fingerprint density at radius 2 is 1.23 bits per heavy atom. The Hall–Kier alpha value is -2.26. The predicted octanol–water partition coefficient (Wildman–Crippen LogP) is 5.70. The number of para-hydroxylation sites is 3. The van der Waals surface area contributed by atoms with Gasteiger partial charge in [0.15, 0.2) is 0 Å². The number of hydrogen-bond donors (Lipinski definition) is 0. The highest BCUT2D eigenvalue weighted by Gasteiger charge is 2.27. The minimum Gasteiger partial charge on any atom is -0.321 e. The first-order valence-electron chi connectivity index (χ1n) is 7.28. The van der Waals surface area contributed by atoms with Crippen molar-refractivity contribution in [1.82, 2.24) is 0 Å². The van der Waals surface area contributed by atoms with Crippen LogP contribution in [0.15, 0.2) is 83.3 Å². The third-order valence-corrected chi connectivity index (χ3v) is 4.43. The fourth-order valence-electron chi connectivity index (χ4n) is 2.91. The van der Waals surface area contributed by atoms with Crippen molar-refractivity contribution in [3.63, 3.8) is 0 Å². The van der Waals surface area contributed by atoms with Crippen LogP contribution in [0.25, 0.3) is 0 Å². The van der Waals surface area contributed by atoms with Crippen LogP contribution in [0.5, 0.6) is 0 Å². The molecule has 0 saturated carbocycles. The van der Waals surface area contributed by atoms with Gasteiger partial charge in [-0.2, -0.15) is 0 Å². The third-order valence-electron chi connectivity index (χ3n) is 3.93. The molecule has 0 saturated heterocycles. The largest absolute Gasteiger partial charge is 0.321 e. The Balaban J connectivity index is 1.81. The van der Waals surface area contributed by atoms with E-state index in [2.05, 4.69) is 105 Å². The van der Waals surface area contributed by atoms with Crippen molar-refractivity contribution in [2.75, 3.05) is 16.5 Å². The molecule has 0 amide bonds. The zero-order valence-corrected chi connectivity index (χ0v) is 13.6. The summed E-state index contributed by atoms with van der Waals surface area (Å²) in [5.41, 5.74) is 4.89. The molecule has 2 nitrogen and oxygen atoms in total. The van der Waals surface area contributed by atoms with Gasteiger partial charge in [0, 0.05) is 15.8 Å². The van der Waals surface area contributed by atoms with Crippen molar-refractivity contribution in [2.24, 2.45) is 0 Å². The van der Waals surface area contributed by atoms with Crippen LogP contribution in [0, 0.1) is 0 Å². The number of fused-ring (bicyclic) bond motifs is 1. The molecule has 1 aliphatic rings. The summed E-state index contributed by atoms with van der Waals surface area (Å²) in [4.78, 5) is 4.68. The van der Waals surface area contributed by atoms with E-state index in [1.165, 1.54) is 22.7 Å². The van der Waals surface area contributed by atoms with Crippen LogP contribution in [-0.2, 0) is 0 Å². The van der Waals surface area contributed by atoms with Crippen molar-refractivity contribution in [3.05, 3.63) is 83.3 Å². The molecule has 0 N–H and O–H groups in total. The van der Waals surface area contributed by atoms with Crippen LogP contribution in [0.3, 0.4) is 0 Å². The molecule has 0 radical (unpaired) electrons. The molecule has 22 heavy (non-hydrogen) atoms. The fourth-order valence-corrected chi connectivity index (χ4v) is 3.30. The molecule has 1 aliphatic heterocycles. The monoisotopic (exact) mass is 350 g/mol. The molecule has 0 spiro atoms. The van der Waals surface area contributed by atoms with E-state index in [1.807, 2.05) is 0 Å². The summed E-state index contributed by atoms with van der Waals surface area (Å²) >= 11 is 3.57. The van der Waals surface area contributed by atoms with E-state index in [1.54, 1.807) is 0 Å². The van der Waals surface area contributed by atoms with E-state index in [-0.39, 0.29) is 0 Å². The molecular weight excluding hydrogens is 336 g/mol. The van der Waals surface area contributed by atoms with Gasteiger partial charge >= 0.3 is 0 Å². The van der Waals surface area contributed by atoms with Crippen molar-refractivity contribution >= 4 is 38.7 Å². The van der Waals surface area contributed by atoms with Crippen LogP contribution < -0.4 is 9.80 Å². The molecule has 0 unspecified atom stereocenters. The second kappa shape index (κ2) is 5.50. The first-order valence-corrected chi connectivity index (χ1v) is 8.07. The summed E-state index contributed by atoms with van der Waals surface area (Å²) in [6.07, 6.45) is 0. The van der Waals surface area contributed by atoms with Gasteiger partial charge in [-0.15, -0.1) is 0 Å². The summed E-state index contributed by atoms with van der Waals surface area (Å²) in [6.45, 7) is 0.819. The molecule has 0 bridgehead atoms. The first kappa shape index (κ1) is 13.4. The van der Waals surface area contributed by atoms with Gasteiger partial charge in [-0.25, -0.2) is 0 Å². The lowest BCUT2D eigenvalue weighted by Gasteiger charge is -2.22. The number of anilines is 4. The highest BCUT2D eigenvalue weighted by molar-refractivity contribution is 9.10. The summed E-state index contributed by atoms with van der Waals surface area (Å²) in [6, 6.07) is 27.5. The number of rotatable bonds is 2. The zero-order chi connectivity index (χ0) is 14.9. The normalized spacial score (nSPS) is 13.3. The van der Waals surface area contributed by atoms with E-state index in [4.69, 9.17) is 0 Å². The third kappa shape index (κ3) is 2.28. The van der Waals surface area contributed by atoms with Crippen molar-refractivity contribution < 1.29 is 0 Å². The Labute approximate surface area is 138 Å². The molecule has 1 heterocycles. The lowest BCUT2D eigenvalue weighted by Crippen LogP contribution is -2.23. The van der Waals surface area contributed by atoms with Gasteiger partial charge in [-0.3, -0.25) is 0 Å². The predicted molar refractivity (Wildman–Crippen MR) is 96.2 cm³/mol. The van der Waals surface area contributed by atoms with E-state index in [0.717, 1.165) is 11.1 Å². The van der Waals surface area contributed by atoms with Crippen molar-refractivity contribution in [3.8, 4) is 0 Å². The fraction of sp³-hybridized carbons (Fsp3) is 0.0526. The van der Waals surface area contributed by atoms with Gasteiger partial charge in [-0.1, -0.05) is 52.3 Å². The molecule has 0 aromatic heterocycles. The second-order valence-electron chi connectivity index (χ2n) is 5.30. The maximum Gasteiger partial charge on any atom is 0.100 e. The van der Waals surface area contributed by atoms with E-state index in [9.17, 15) is 0 Å². The molecule has 108 valence electrons.